The van der Waals surface area contributed by atoms with E-state index in [2.05, 4.69) is 52.3 Å². The molecule has 27 heavy (non-hydrogen) atoms. The average Bonchev–Trinajstić information content (AvgIpc) is 3.01. The molecule has 150 valence electrons. The first kappa shape index (κ1) is 22.2. The van der Waals surface area contributed by atoms with E-state index in [9.17, 15) is 0 Å². The highest BCUT2D eigenvalue weighted by molar-refractivity contribution is 7.98. The Morgan fingerprint density at radius 3 is 2.15 bits per heavy atom. The van der Waals surface area contributed by atoms with Crippen molar-refractivity contribution >= 4 is 24.2 Å². The molecule has 0 unspecified atom stereocenters. The summed E-state index contributed by atoms with van der Waals surface area (Å²) in [6, 6.07) is 8.42. The molecule has 0 fully saturated rings. The van der Waals surface area contributed by atoms with Gasteiger partial charge in [-0.05, 0) is 49.1 Å². The van der Waals surface area contributed by atoms with Crippen LogP contribution in [0, 0.1) is 11.7 Å². The van der Waals surface area contributed by atoms with E-state index in [4.69, 9.17) is 12.2 Å². The van der Waals surface area contributed by atoms with E-state index in [0.717, 1.165) is 12.2 Å². The number of benzene rings is 1. The standard InChI is InChI=1S/C22H35N3S2/c1-3-4-5-6-7-8-9-10-11-12-13-18-21-23-24-22(26)25(21)27-20-17-15-14-16-19(20)2/h14-17H,3-13,18H2,1-2H3,(H,24,26). The fourth-order valence-corrected chi connectivity index (χ4v) is 4.45. The Balaban J connectivity index is 1.64. The summed E-state index contributed by atoms with van der Waals surface area (Å²) in [6.07, 6.45) is 16.0. The van der Waals surface area contributed by atoms with Crippen molar-refractivity contribution in [1.29, 1.82) is 0 Å². The molecule has 0 amide bonds. The topological polar surface area (TPSA) is 33.6 Å². The minimum atomic E-state index is 0.696. The van der Waals surface area contributed by atoms with E-state index in [-0.39, 0.29) is 0 Å². The maximum atomic E-state index is 5.43. The second-order valence-electron chi connectivity index (χ2n) is 7.38. The molecular formula is C22H35N3S2. The highest BCUT2D eigenvalue weighted by Gasteiger charge is 2.09. The van der Waals surface area contributed by atoms with Crippen molar-refractivity contribution in [3.8, 4) is 0 Å². The fraction of sp³-hybridized carbons (Fsp3) is 0.636. The largest absolute Gasteiger partial charge is 0.251 e. The molecule has 1 N–H and O–H groups in total. The molecule has 0 saturated carbocycles. The molecule has 0 aliphatic rings. The molecule has 2 rings (SSSR count). The maximum Gasteiger partial charge on any atom is 0.205 e. The van der Waals surface area contributed by atoms with Crippen molar-refractivity contribution < 1.29 is 0 Å². The zero-order valence-electron chi connectivity index (χ0n) is 17.0. The van der Waals surface area contributed by atoms with Crippen LogP contribution in [0.2, 0.25) is 0 Å². The van der Waals surface area contributed by atoms with Gasteiger partial charge < -0.3 is 0 Å². The van der Waals surface area contributed by atoms with Crippen molar-refractivity contribution in [2.75, 3.05) is 0 Å². The minimum absolute atomic E-state index is 0.696. The molecule has 0 bridgehead atoms. The lowest BCUT2D eigenvalue weighted by atomic mass is 10.1. The number of unbranched alkanes of at least 4 members (excludes halogenated alkanes) is 10. The van der Waals surface area contributed by atoms with E-state index in [0.29, 0.717) is 4.77 Å². The van der Waals surface area contributed by atoms with Crippen molar-refractivity contribution in [2.45, 2.75) is 95.8 Å². The summed E-state index contributed by atoms with van der Waals surface area (Å²) < 4.78 is 2.77. The van der Waals surface area contributed by atoms with Crippen LogP contribution in [-0.4, -0.2) is 14.2 Å². The summed E-state index contributed by atoms with van der Waals surface area (Å²) in [5.74, 6) is 1.06. The summed E-state index contributed by atoms with van der Waals surface area (Å²) in [5, 5.41) is 7.41. The normalized spacial score (nSPS) is 11.2. The number of nitrogens with zero attached hydrogens (tertiary/aromatic N) is 2. The Kier molecular flexibility index (Phi) is 10.8. The lowest BCUT2D eigenvalue weighted by molar-refractivity contribution is 0.547. The van der Waals surface area contributed by atoms with Gasteiger partial charge in [0, 0.05) is 11.3 Å². The third-order valence-electron chi connectivity index (χ3n) is 4.99. The van der Waals surface area contributed by atoms with Crippen molar-refractivity contribution in [3.63, 3.8) is 0 Å². The molecule has 0 atom stereocenters. The highest BCUT2D eigenvalue weighted by Crippen LogP contribution is 2.25. The van der Waals surface area contributed by atoms with Crippen LogP contribution in [0.3, 0.4) is 0 Å². The van der Waals surface area contributed by atoms with E-state index in [1.807, 2.05) is 0 Å². The molecule has 0 radical (unpaired) electrons. The van der Waals surface area contributed by atoms with Gasteiger partial charge in [0.05, 0.1) is 0 Å². The van der Waals surface area contributed by atoms with Crippen LogP contribution in [0.4, 0.5) is 0 Å². The molecule has 0 aliphatic carbocycles. The van der Waals surface area contributed by atoms with Crippen molar-refractivity contribution in [3.05, 3.63) is 40.4 Å². The molecule has 2 aromatic rings. The van der Waals surface area contributed by atoms with Crippen LogP contribution in [0.25, 0.3) is 0 Å². The second-order valence-corrected chi connectivity index (χ2v) is 8.76. The van der Waals surface area contributed by atoms with Gasteiger partial charge in [0.1, 0.15) is 5.82 Å². The highest BCUT2D eigenvalue weighted by atomic mass is 32.2. The predicted octanol–water partition coefficient (Wildman–Crippen LogP) is 7.66. The van der Waals surface area contributed by atoms with Crippen LogP contribution in [0.5, 0.6) is 0 Å². The van der Waals surface area contributed by atoms with E-state index >= 15 is 0 Å². The smallest absolute Gasteiger partial charge is 0.205 e. The van der Waals surface area contributed by atoms with Gasteiger partial charge in [0.25, 0.3) is 0 Å². The number of rotatable bonds is 14. The summed E-state index contributed by atoms with van der Waals surface area (Å²) in [4.78, 5) is 1.23. The molecule has 0 aliphatic heterocycles. The summed E-state index contributed by atoms with van der Waals surface area (Å²) >= 11 is 7.10. The van der Waals surface area contributed by atoms with Gasteiger partial charge >= 0.3 is 0 Å². The van der Waals surface area contributed by atoms with E-state index < -0.39 is 0 Å². The third-order valence-corrected chi connectivity index (χ3v) is 6.61. The number of H-pyrrole nitrogens is 1. The molecule has 1 heterocycles. The van der Waals surface area contributed by atoms with Crippen molar-refractivity contribution in [1.82, 2.24) is 14.2 Å². The van der Waals surface area contributed by atoms with Gasteiger partial charge in [0.2, 0.25) is 4.77 Å². The fourth-order valence-electron chi connectivity index (χ4n) is 3.28. The van der Waals surface area contributed by atoms with Crippen LogP contribution < -0.4 is 0 Å². The number of aromatic amines is 1. The van der Waals surface area contributed by atoms with Gasteiger partial charge in [-0.2, -0.15) is 5.10 Å². The first-order valence-corrected chi connectivity index (χ1v) is 11.8. The number of aromatic nitrogens is 3. The molecule has 0 saturated heterocycles. The maximum absolute atomic E-state index is 5.43. The lowest BCUT2D eigenvalue weighted by Gasteiger charge is -2.08. The lowest BCUT2D eigenvalue weighted by Crippen LogP contribution is -1.98. The van der Waals surface area contributed by atoms with Gasteiger partial charge in [-0.1, -0.05) is 89.3 Å². The number of aryl methyl sites for hydroxylation is 2. The summed E-state index contributed by atoms with van der Waals surface area (Å²) in [5.41, 5.74) is 1.27. The number of nitrogens with one attached hydrogen (secondary N) is 1. The van der Waals surface area contributed by atoms with Crippen molar-refractivity contribution in [2.24, 2.45) is 0 Å². The zero-order valence-corrected chi connectivity index (χ0v) is 18.6. The Labute approximate surface area is 174 Å². The zero-order chi connectivity index (χ0) is 19.3. The number of hydrogen-bond acceptors (Lipinski definition) is 3. The quantitative estimate of drug-likeness (QED) is 0.259. The summed E-state index contributed by atoms with van der Waals surface area (Å²) in [6.45, 7) is 4.41. The minimum Gasteiger partial charge on any atom is -0.251 e. The molecular weight excluding hydrogens is 370 g/mol. The SMILES string of the molecule is CCCCCCCCCCCCCc1n[nH]c(=S)n1Sc1ccccc1C. The Morgan fingerprint density at radius 2 is 1.52 bits per heavy atom. The Bertz CT molecular complexity index is 706. The van der Waals surface area contributed by atoms with Crippen LogP contribution in [-0.2, 0) is 6.42 Å². The van der Waals surface area contributed by atoms with Gasteiger partial charge in [-0.15, -0.1) is 0 Å². The first-order valence-electron chi connectivity index (χ1n) is 10.6. The van der Waals surface area contributed by atoms with Gasteiger partial charge in [0.15, 0.2) is 0 Å². The van der Waals surface area contributed by atoms with Crippen LogP contribution in [0.15, 0.2) is 29.2 Å². The first-order chi connectivity index (χ1) is 13.2. The summed E-state index contributed by atoms with van der Waals surface area (Å²) in [7, 11) is 0. The van der Waals surface area contributed by atoms with Crippen LogP contribution in [0.1, 0.15) is 88.9 Å². The monoisotopic (exact) mass is 405 g/mol. The third kappa shape index (κ3) is 8.22. The molecule has 0 spiro atoms. The predicted molar refractivity (Wildman–Crippen MR) is 120 cm³/mol. The Hall–Kier alpha value is -1.07. The van der Waals surface area contributed by atoms with Crippen LogP contribution >= 0.6 is 24.2 Å². The molecule has 1 aromatic carbocycles. The average molecular weight is 406 g/mol. The molecule has 1 aromatic heterocycles. The number of hydrogen-bond donors (Lipinski definition) is 1. The molecule has 5 heteroatoms. The Morgan fingerprint density at radius 1 is 0.926 bits per heavy atom. The van der Waals surface area contributed by atoms with E-state index in [1.54, 1.807) is 11.9 Å². The second kappa shape index (κ2) is 13.2. The van der Waals surface area contributed by atoms with Gasteiger partial charge in [-0.3, -0.25) is 5.10 Å². The molecule has 3 nitrogen and oxygen atoms in total. The van der Waals surface area contributed by atoms with E-state index in [1.165, 1.54) is 81.1 Å². The van der Waals surface area contributed by atoms with Gasteiger partial charge in [-0.25, -0.2) is 3.97 Å².